The number of nitrogens with one attached hydrogen (secondary N) is 1. The summed E-state index contributed by atoms with van der Waals surface area (Å²) in [5.41, 5.74) is 0. The van der Waals surface area contributed by atoms with Crippen LogP contribution in [0.25, 0.3) is 0 Å². The Morgan fingerprint density at radius 3 is 2.37 bits per heavy atom. The highest BCUT2D eigenvalue weighted by Crippen LogP contribution is 2.15. The number of hydrogen-bond donors (Lipinski definition) is 1. The van der Waals surface area contributed by atoms with E-state index < -0.39 is 0 Å². The van der Waals surface area contributed by atoms with Crippen LogP contribution < -0.4 is 5.32 Å². The van der Waals surface area contributed by atoms with Gasteiger partial charge >= 0.3 is 0 Å². The topological polar surface area (TPSA) is 18.5 Å². The van der Waals surface area contributed by atoms with Gasteiger partial charge in [-0.15, -0.1) is 0 Å². The van der Waals surface area contributed by atoms with Gasteiger partial charge < -0.3 is 15.1 Å². The third-order valence-electron chi connectivity index (χ3n) is 4.49. The predicted octanol–water partition coefficient (Wildman–Crippen LogP) is 2.57. The van der Waals surface area contributed by atoms with E-state index in [0.717, 1.165) is 12.6 Å². The first-order valence-corrected chi connectivity index (χ1v) is 8.41. The van der Waals surface area contributed by atoms with E-state index in [-0.39, 0.29) is 0 Å². The summed E-state index contributed by atoms with van der Waals surface area (Å²) in [5, 5.41) is 3.39. The van der Waals surface area contributed by atoms with Crippen molar-refractivity contribution in [1.82, 2.24) is 15.1 Å². The molecule has 1 fully saturated rings. The van der Waals surface area contributed by atoms with Crippen LogP contribution in [0.15, 0.2) is 0 Å². The minimum atomic E-state index is 0.838. The first-order chi connectivity index (χ1) is 9.27. The fraction of sp³-hybridized carbons (Fsp3) is 1.00. The van der Waals surface area contributed by atoms with Gasteiger partial charge in [0.15, 0.2) is 0 Å². The molecule has 1 heterocycles. The average Bonchev–Trinajstić information content (AvgIpc) is 2.46. The summed E-state index contributed by atoms with van der Waals surface area (Å²) in [6, 6.07) is 0.838. The molecule has 0 aliphatic carbocycles. The van der Waals surface area contributed by atoms with E-state index in [9.17, 15) is 0 Å². The van der Waals surface area contributed by atoms with Crippen molar-refractivity contribution in [2.45, 2.75) is 58.4 Å². The van der Waals surface area contributed by atoms with Crippen molar-refractivity contribution in [3.05, 3.63) is 0 Å². The lowest BCUT2D eigenvalue weighted by Gasteiger charge is -2.36. The molecule has 0 amide bonds. The molecule has 3 nitrogen and oxygen atoms in total. The van der Waals surface area contributed by atoms with Crippen molar-refractivity contribution in [3.63, 3.8) is 0 Å². The zero-order chi connectivity index (χ0) is 13.9. The standard InChI is InChI=1S/C16H35N3/c1-4-17-12-8-6-7-9-13-18(3)16-10-14-19(5-2)15-11-16/h16-17H,4-15H2,1-3H3. The molecule has 1 saturated heterocycles. The molecular formula is C16H35N3. The van der Waals surface area contributed by atoms with E-state index >= 15 is 0 Å². The van der Waals surface area contributed by atoms with Gasteiger partial charge in [-0.25, -0.2) is 0 Å². The molecule has 0 aromatic rings. The van der Waals surface area contributed by atoms with Crippen LogP contribution in [0.1, 0.15) is 52.4 Å². The Balaban J connectivity index is 1.97. The molecule has 0 aromatic carbocycles. The van der Waals surface area contributed by atoms with Crippen LogP contribution >= 0.6 is 0 Å². The fourth-order valence-electron chi connectivity index (χ4n) is 3.00. The normalized spacial score (nSPS) is 18.3. The van der Waals surface area contributed by atoms with Crippen LogP contribution in [0.2, 0.25) is 0 Å². The second kappa shape index (κ2) is 10.6. The van der Waals surface area contributed by atoms with Crippen LogP contribution in [0.4, 0.5) is 0 Å². The van der Waals surface area contributed by atoms with Gasteiger partial charge in [-0.05, 0) is 72.0 Å². The zero-order valence-corrected chi connectivity index (χ0v) is 13.5. The molecule has 114 valence electrons. The summed E-state index contributed by atoms with van der Waals surface area (Å²) in [7, 11) is 2.32. The highest BCUT2D eigenvalue weighted by Gasteiger charge is 2.20. The van der Waals surface area contributed by atoms with Crippen molar-refractivity contribution >= 4 is 0 Å². The number of likely N-dealkylation sites (tertiary alicyclic amines) is 1. The van der Waals surface area contributed by atoms with Crippen molar-refractivity contribution < 1.29 is 0 Å². The second-order valence-corrected chi connectivity index (χ2v) is 5.91. The van der Waals surface area contributed by atoms with Crippen LogP contribution in [-0.2, 0) is 0 Å². The minimum Gasteiger partial charge on any atom is -0.317 e. The lowest BCUT2D eigenvalue weighted by atomic mass is 10.0. The smallest absolute Gasteiger partial charge is 0.0117 e. The van der Waals surface area contributed by atoms with Gasteiger partial charge in [0.25, 0.3) is 0 Å². The third kappa shape index (κ3) is 7.28. The quantitative estimate of drug-likeness (QED) is 0.615. The molecule has 1 aliphatic heterocycles. The molecule has 1 rings (SSSR count). The summed E-state index contributed by atoms with van der Waals surface area (Å²) in [6.45, 7) is 11.9. The first-order valence-electron chi connectivity index (χ1n) is 8.41. The largest absolute Gasteiger partial charge is 0.317 e. The van der Waals surface area contributed by atoms with Crippen molar-refractivity contribution in [2.24, 2.45) is 0 Å². The van der Waals surface area contributed by atoms with Gasteiger partial charge in [-0.3, -0.25) is 0 Å². The predicted molar refractivity (Wildman–Crippen MR) is 84.8 cm³/mol. The zero-order valence-electron chi connectivity index (χ0n) is 13.5. The van der Waals surface area contributed by atoms with Gasteiger partial charge in [0, 0.05) is 6.04 Å². The van der Waals surface area contributed by atoms with Crippen molar-refractivity contribution in [1.29, 1.82) is 0 Å². The summed E-state index contributed by atoms with van der Waals surface area (Å²) in [4.78, 5) is 5.18. The van der Waals surface area contributed by atoms with Crippen LogP contribution in [0, 0.1) is 0 Å². The SMILES string of the molecule is CCNCCCCCCN(C)C1CCN(CC)CC1. The van der Waals surface area contributed by atoms with Crippen LogP contribution in [-0.4, -0.2) is 62.2 Å². The summed E-state index contributed by atoms with van der Waals surface area (Å²) >= 11 is 0. The summed E-state index contributed by atoms with van der Waals surface area (Å²) in [5.74, 6) is 0. The Hall–Kier alpha value is -0.120. The molecule has 1 N–H and O–H groups in total. The fourth-order valence-corrected chi connectivity index (χ4v) is 3.00. The maximum absolute atomic E-state index is 3.39. The number of hydrogen-bond acceptors (Lipinski definition) is 3. The highest BCUT2D eigenvalue weighted by atomic mass is 15.2. The Kier molecular flexibility index (Phi) is 9.48. The Labute approximate surface area is 120 Å². The maximum Gasteiger partial charge on any atom is 0.0117 e. The molecule has 3 heteroatoms. The monoisotopic (exact) mass is 269 g/mol. The summed E-state index contributed by atoms with van der Waals surface area (Å²) < 4.78 is 0. The Morgan fingerprint density at radius 1 is 1.05 bits per heavy atom. The van der Waals surface area contributed by atoms with Crippen LogP contribution in [0.5, 0.6) is 0 Å². The van der Waals surface area contributed by atoms with Gasteiger partial charge in [-0.2, -0.15) is 0 Å². The van der Waals surface area contributed by atoms with E-state index in [1.807, 2.05) is 0 Å². The lowest BCUT2D eigenvalue weighted by molar-refractivity contribution is 0.130. The highest BCUT2D eigenvalue weighted by molar-refractivity contribution is 4.77. The van der Waals surface area contributed by atoms with Crippen LogP contribution in [0.3, 0.4) is 0 Å². The first kappa shape index (κ1) is 16.9. The second-order valence-electron chi connectivity index (χ2n) is 5.91. The molecular weight excluding hydrogens is 234 g/mol. The van der Waals surface area contributed by atoms with E-state index in [1.54, 1.807) is 0 Å². The number of rotatable bonds is 10. The van der Waals surface area contributed by atoms with E-state index in [1.165, 1.54) is 71.2 Å². The minimum absolute atomic E-state index is 0.838. The number of unbranched alkanes of at least 4 members (excludes halogenated alkanes) is 3. The lowest BCUT2D eigenvalue weighted by Crippen LogP contribution is -2.43. The van der Waals surface area contributed by atoms with Crippen molar-refractivity contribution in [3.8, 4) is 0 Å². The molecule has 0 radical (unpaired) electrons. The van der Waals surface area contributed by atoms with Gasteiger partial charge in [0.2, 0.25) is 0 Å². The Morgan fingerprint density at radius 2 is 1.74 bits per heavy atom. The number of nitrogens with zero attached hydrogens (tertiary/aromatic N) is 2. The van der Waals surface area contributed by atoms with E-state index in [4.69, 9.17) is 0 Å². The molecule has 19 heavy (non-hydrogen) atoms. The number of piperidine rings is 1. The van der Waals surface area contributed by atoms with Crippen molar-refractivity contribution in [2.75, 3.05) is 46.3 Å². The Bertz CT molecular complexity index is 200. The molecule has 0 bridgehead atoms. The molecule has 0 saturated carbocycles. The molecule has 1 aliphatic rings. The average molecular weight is 269 g/mol. The molecule has 0 spiro atoms. The molecule has 0 unspecified atom stereocenters. The van der Waals surface area contributed by atoms with E-state index in [0.29, 0.717) is 0 Å². The van der Waals surface area contributed by atoms with E-state index in [2.05, 4.69) is 36.0 Å². The van der Waals surface area contributed by atoms with Gasteiger partial charge in [0.1, 0.15) is 0 Å². The summed E-state index contributed by atoms with van der Waals surface area (Å²) in [6.07, 6.45) is 8.22. The van der Waals surface area contributed by atoms with Gasteiger partial charge in [0.05, 0.1) is 0 Å². The third-order valence-corrected chi connectivity index (χ3v) is 4.49. The van der Waals surface area contributed by atoms with Gasteiger partial charge in [-0.1, -0.05) is 26.7 Å². The maximum atomic E-state index is 3.39. The molecule has 0 aromatic heterocycles. The molecule has 0 atom stereocenters.